The molecule has 136 valence electrons. The van der Waals surface area contributed by atoms with Crippen molar-refractivity contribution in [1.29, 1.82) is 0 Å². The first kappa shape index (κ1) is 18.2. The maximum atomic E-state index is 12.2. The average molecular weight is 351 g/mol. The Balaban J connectivity index is 1.75. The lowest BCUT2D eigenvalue weighted by Gasteiger charge is -2.43. The van der Waals surface area contributed by atoms with E-state index < -0.39 is 0 Å². The number of methoxy groups -OCH3 is 1. The van der Waals surface area contributed by atoms with Crippen LogP contribution in [0.4, 0.5) is 0 Å². The second-order valence-corrected chi connectivity index (χ2v) is 6.95. The van der Waals surface area contributed by atoms with E-state index in [0.29, 0.717) is 18.5 Å². The summed E-state index contributed by atoms with van der Waals surface area (Å²) in [6, 6.07) is 16.2. The van der Waals surface area contributed by atoms with E-state index in [-0.39, 0.29) is 17.1 Å². The molecule has 0 radical (unpaired) electrons. The number of amides is 1. The van der Waals surface area contributed by atoms with Gasteiger partial charge in [0, 0.05) is 23.9 Å². The van der Waals surface area contributed by atoms with Crippen LogP contribution in [0, 0.1) is 0 Å². The maximum Gasteiger partial charge on any atom is 0.251 e. The van der Waals surface area contributed by atoms with Crippen LogP contribution in [0.1, 0.15) is 54.1 Å². The third kappa shape index (κ3) is 3.64. The molecule has 2 aromatic rings. The van der Waals surface area contributed by atoms with Crippen LogP contribution < -0.4 is 10.1 Å². The van der Waals surface area contributed by atoms with Crippen molar-refractivity contribution in [3.63, 3.8) is 0 Å². The van der Waals surface area contributed by atoms with Crippen molar-refractivity contribution in [3.05, 3.63) is 65.2 Å². The number of benzene rings is 2. The number of ether oxygens (including phenoxy) is 1. The van der Waals surface area contributed by atoms with E-state index in [2.05, 4.69) is 29.6 Å². The van der Waals surface area contributed by atoms with E-state index >= 15 is 0 Å². The average Bonchev–Trinajstić information content (AvgIpc) is 2.61. The summed E-state index contributed by atoms with van der Waals surface area (Å²) in [5.74, 6) is 0.803. The van der Waals surface area contributed by atoms with E-state index in [4.69, 9.17) is 4.74 Å². The Bertz CT molecular complexity index is 774. The molecule has 4 nitrogen and oxygen atoms in total. The molecule has 0 spiro atoms. The lowest BCUT2D eigenvalue weighted by atomic mass is 9.60. The third-order valence-corrected chi connectivity index (χ3v) is 5.31. The monoisotopic (exact) mass is 351 g/mol. The highest BCUT2D eigenvalue weighted by atomic mass is 16.5. The molecule has 1 aliphatic rings. The van der Waals surface area contributed by atoms with Gasteiger partial charge in [-0.15, -0.1) is 0 Å². The Kier molecular flexibility index (Phi) is 5.40. The summed E-state index contributed by atoms with van der Waals surface area (Å²) in [6.07, 6.45) is 3.80. The number of Topliss-reactive ketones (excluding diaryl/α,β-unsaturated/α-hetero) is 1. The summed E-state index contributed by atoms with van der Waals surface area (Å²) in [6.45, 7) is 1.91. The second kappa shape index (κ2) is 7.73. The standard InChI is InChI=1S/C22H25NO3/c1-16(24)12-15-23-21(25)17-4-6-18(7-5-17)22(13-3-14-22)19-8-10-20(26-2)11-9-19/h4-11H,3,12-15H2,1-2H3,(H,23,25). The molecule has 0 saturated heterocycles. The van der Waals surface area contributed by atoms with E-state index in [0.717, 1.165) is 18.6 Å². The van der Waals surface area contributed by atoms with Crippen LogP contribution in [0.3, 0.4) is 0 Å². The molecule has 26 heavy (non-hydrogen) atoms. The normalized spacial score (nSPS) is 15.0. The molecule has 0 bridgehead atoms. The van der Waals surface area contributed by atoms with Gasteiger partial charge in [0.25, 0.3) is 5.91 Å². The molecule has 1 N–H and O–H groups in total. The third-order valence-electron chi connectivity index (χ3n) is 5.31. The zero-order chi connectivity index (χ0) is 18.6. The van der Waals surface area contributed by atoms with Gasteiger partial charge < -0.3 is 10.1 Å². The van der Waals surface area contributed by atoms with Crippen molar-refractivity contribution in [2.24, 2.45) is 0 Å². The molecule has 0 aromatic heterocycles. The summed E-state index contributed by atoms with van der Waals surface area (Å²) >= 11 is 0. The van der Waals surface area contributed by atoms with Gasteiger partial charge in [-0.3, -0.25) is 9.59 Å². The predicted octanol–water partition coefficient (Wildman–Crippen LogP) is 3.87. The number of nitrogens with one attached hydrogen (secondary N) is 1. The van der Waals surface area contributed by atoms with Crippen LogP contribution in [-0.4, -0.2) is 25.3 Å². The smallest absolute Gasteiger partial charge is 0.251 e. The lowest BCUT2D eigenvalue weighted by molar-refractivity contribution is -0.116. The highest BCUT2D eigenvalue weighted by Gasteiger charge is 2.40. The Hall–Kier alpha value is -2.62. The molecule has 0 heterocycles. The van der Waals surface area contributed by atoms with Crippen molar-refractivity contribution < 1.29 is 14.3 Å². The molecule has 0 aliphatic heterocycles. The minimum Gasteiger partial charge on any atom is -0.497 e. The zero-order valence-corrected chi connectivity index (χ0v) is 15.4. The number of ketones is 1. The SMILES string of the molecule is COc1ccc(C2(c3ccc(C(=O)NCCC(C)=O)cc3)CCC2)cc1. The van der Waals surface area contributed by atoms with Gasteiger partial charge in [-0.2, -0.15) is 0 Å². The van der Waals surface area contributed by atoms with E-state index in [1.54, 1.807) is 7.11 Å². The highest BCUT2D eigenvalue weighted by molar-refractivity contribution is 5.94. The van der Waals surface area contributed by atoms with Gasteiger partial charge in [0.05, 0.1) is 7.11 Å². The molecular weight excluding hydrogens is 326 g/mol. The zero-order valence-electron chi connectivity index (χ0n) is 15.4. The number of carbonyl (C=O) groups excluding carboxylic acids is 2. The predicted molar refractivity (Wildman–Crippen MR) is 102 cm³/mol. The van der Waals surface area contributed by atoms with Gasteiger partial charge in [0.15, 0.2) is 0 Å². The minimum absolute atomic E-state index is 0.0376. The Morgan fingerprint density at radius 1 is 1.00 bits per heavy atom. The van der Waals surface area contributed by atoms with Crippen LogP contribution in [0.5, 0.6) is 5.75 Å². The fourth-order valence-corrected chi connectivity index (χ4v) is 3.58. The van der Waals surface area contributed by atoms with Crippen LogP contribution >= 0.6 is 0 Å². The Labute approximate surface area is 154 Å². The first-order valence-corrected chi connectivity index (χ1v) is 9.08. The summed E-state index contributed by atoms with van der Waals surface area (Å²) in [7, 11) is 1.67. The fourth-order valence-electron chi connectivity index (χ4n) is 3.58. The van der Waals surface area contributed by atoms with Gasteiger partial charge in [-0.05, 0) is 55.2 Å². The van der Waals surface area contributed by atoms with E-state index in [1.807, 2.05) is 24.3 Å². The topological polar surface area (TPSA) is 55.4 Å². The summed E-state index contributed by atoms with van der Waals surface area (Å²) < 4.78 is 5.26. The fraction of sp³-hybridized carbons (Fsp3) is 0.364. The quantitative estimate of drug-likeness (QED) is 0.824. The molecule has 1 saturated carbocycles. The van der Waals surface area contributed by atoms with E-state index in [1.165, 1.54) is 24.5 Å². The highest BCUT2D eigenvalue weighted by Crippen LogP contribution is 2.49. The van der Waals surface area contributed by atoms with Crippen LogP contribution in [0.2, 0.25) is 0 Å². The van der Waals surface area contributed by atoms with Gasteiger partial charge in [-0.1, -0.05) is 30.7 Å². The van der Waals surface area contributed by atoms with Crippen LogP contribution in [0.25, 0.3) is 0 Å². The maximum absolute atomic E-state index is 12.2. The van der Waals surface area contributed by atoms with Crippen molar-refractivity contribution >= 4 is 11.7 Å². The first-order valence-electron chi connectivity index (χ1n) is 9.08. The molecule has 1 amide bonds. The largest absolute Gasteiger partial charge is 0.497 e. The number of hydrogen-bond acceptors (Lipinski definition) is 3. The van der Waals surface area contributed by atoms with Crippen molar-refractivity contribution in [1.82, 2.24) is 5.32 Å². The van der Waals surface area contributed by atoms with Gasteiger partial charge in [-0.25, -0.2) is 0 Å². The summed E-state index contributed by atoms with van der Waals surface area (Å²) in [4.78, 5) is 23.1. The van der Waals surface area contributed by atoms with Crippen molar-refractivity contribution in [3.8, 4) is 5.75 Å². The van der Waals surface area contributed by atoms with Crippen molar-refractivity contribution in [2.45, 2.75) is 38.0 Å². The molecule has 0 atom stereocenters. The summed E-state index contributed by atoms with van der Waals surface area (Å²) in [5, 5.41) is 2.79. The molecule has 3 rings (SSSR count). The molecule has 2 aromatic carbocycles. The van der Waals surface area contributed by atoms with Crippen LogP contribution in [0.15, 0.2) is 48.5 Å². The molecular formula is C22H25NO3. The van der Waals surface area contributed by atoms with Crippen molar-refractivity contribution in [2.75, 3.05) is 13.7 Å². The van der Waals surface area contributed by atoms with Crippen LogP contribution in [-0.2, 0) is 10.2 Å². The minimum atomic E-state index is -0.134. The summed E-state index contributed by atoms with van der Waals surface area (Å²) in [5.41, 5.74) is 3.20. The Morgan fingerprint density at radius 3 is 2.04 bits per heavy atom. The Morgan fingerprint density at radius 2 is 1.58 bits per heavy atom. The molecule has 1 fully saturated rings. The first-order chi connectivity index (χ1) is 12.5. The molecule has 1 aliphatic carbocycles. The lowest BCUT2D eigenvalue weighted by Crippen LogP contribution is -2.35. The molecule has 4 heteroatoms. The van der Waals surface area contributed by atoms with Gasteiger partial charge in [0.1, 0.15) is 11.5 Å². The van der Waals surface area contributed by atoms with E-state index in [9.17, 15) is 9.59 Å². The molecule has 0 unspecified atom stereocenters. The number of rotatable bonds is 7. The van der Waals surface area contributed by atoms with Gasteiger partial charge >= 0.3 is 0 Å². The number of hydrogen-bond donors (Lipinski definition) is 1. The number of carbonyl (C=O) groups is 2. The second-order valence-electron chi connectivity index (χ2n) is 6.95. The van der Waals surface area contributed by atoms with Gasteiger partial charge in [0.2, 0.25) is 0 Å².